The third kappa shape index (κ3) is 5.92. The number of carbonyl (C=O) groups excluding carboxylic acids is 3. The second-order valence-electron chi connectivity index (χ2n) is 7.76. The minimum atomic E-state index is -0.322. The number of benzene rings is 2. The van der Waals surface area contributed by atoms with Crippen LogP contribution in [0.25, 0.3) is 0 Å². The topological polar surface area (TPSA) is 78.5 Å². The van der Waals surface area contributed by atoms with E-state index in [-0.39, 0.29) is 42.8 Å². The Balaban J connectivity index is 1.55. The van der Waals surface area contributed by atoms with Gasteiger partial charge in [0.25, 0.3) is 0 Å². The van der Waals surface area contributed by atoms with Crippen molar-refractivity contribution in [2.75, 3.05) is 18.4 Å². The van der Waals surface area contributed by atoms with Gasteiger partial charge in [-0.3, -0.25) is 14.4 Å². The Hall–Kier alpha value is -3.15. The van der Waals surface area contributed by atoms with Gasteiger partial charge in [-0.25, -0.2) is 0 Å². The first-order chi connectivity index (χ1) is 14.5. The van der Waals surface area contributed by atoms with Crippen LogP contribution in [0.2, 0.25) is 0 Å². The molecular weight excluding hydrogens is 378 g/mol. The Morgan fingerprint density at radius 2 is 1.77 bits per heavy atom. The molecule has 1 aliphatic carbocycles. The molecule has 0 radical (unpaired) electrons. The number of anilines is 1. The van der Waals surface area contributed by atoms with Crippen LogP contribution in [0.1, 0.15) is 43.2 Å². The molecule has 1 atom stereocenters. The standard InChI is InChI=1S/C24H29N3O3/c1-3-21(18-9-5-4-6-10-18)24(30)27(20-12-13-20)16-23(29)25-15-22(28)26-19-11-7-8-17(2)14-19/h4-11,14,20-21H,3,12-13,15-16H2,1-2H3,(H,25,29)(H,26,28). The van der Waals surface area contributed by atoms with Crippen LogP contribution in [0.15, 0.2) is 54.6 Å². The number of carbonyl (C=O) groups is 3. The number of amides is 3. The molecule has 0 aromatic heterocycles. The molecule has 6 nitrogen and oxygen atoms in total. The van der Waals surface area contributed by atoms with Crippen molar-refractivity contribution < 1.29 is 14.4 Å². The lowest BCUT2D eigenvalue weighted by Gasteiger charge is -2.26. The number of aryl methyl sites for hydroxylation is 1. The van der Waals surface area contributed by atoms with Gasteiger partial charge in [-0.2, -0.15) is 0 Å². The van der Waals surface area contributed by atoms with Gasteiger partial charge < -0.3 is 15.5 Å². The lowest BCUT2D eigenvalue weighted by molar-refractivity contribution is -0.138. The molecule has 1 aliphatic rings. The largest absolute Gasteiger partial charge is 0.345 e. The molecule has 0 heterocycles. The van der Waals surface area contributed by atoms with Gasteiger partial charge in [0.15, 0.2) is 0 Å². The van der Waals surface area contributed by atoms with E-state index in [1.807, 2.05) is 62.4 Å². The molecule has 0 aliphatic heterocycles. The average molecular weight is 408 g/mol. The van der Waals surface area contributed by atoms with Crippen molar-refractivity contribution in [3.05, 3.63) is 65.7 Å². The van der Waals surface area contributed by atoms with Crippen LogP contribution in [-0.2, 0) is 14.4 Å². The Labute approximate surface area is 177 Å². The van der Waals surface area contributed by atoms with Gasteiger partial charge in [-0.1, -0.05) is 49.4 Å². The van der Waals surface area contributed by atoms with Crippen LogP contribution in [0, 0.1) is 6.92 Å². The van der Waals surface area contributed by atoms with Crippen molar-refractivity contribution in [2.24, 2.45) is 0 Å². The third-order valence-corrected chi connectivity index (χ3v) is 5.24. The molecule has 1 unspecified atom stereocenters. The Kier molecular flexibility index (Phi) is 7.22. The number of rotatable bonds is 9. The van der Waals surface area contributed by atoms with Gasteiger partial charge in [-0.15, -0.1) is 0 Å². The molecule has 2 N–H and O–H groups in total. The fraction of sp³-hybridized carbons (Fsp3) is 0.375. The molecule has 1 saturated carbocycles. The van der Waals surface area contributed by atoms with Crippen molar-refractivity contribution in [1.29, 1.82) is 0 Å². The summed E-state index contributed by atoms with van der Waals surface area (Å²) in [6.07, 6.45) is 2.50. The van der Waals surface area contributed by atoms with Crippen molar-refractivity contribution in [1.82, 2.24) is 10.2 Å². The highest BCUT2D eigenvalue weighted by Crippen LogP contribution is 2.31. The van der Waals surface area contributed by atoms with E-state index in [2.05, 4.69) is 10.6 Å². The molecular formula is C24H29N3O3. The SMILES string of the molecule is CCC(C(=O)N(CC(=O)NCC(=O)Nc1cccc(C)c1)C1CC1)c1ccccc1. The third-order valence-electron chi connectivity index (χ3n) is 5.24. The van der Waals surface area contributed by atoms with E-state index in [0.717, 1.165) is 24.0 Å². The van der Waals surface area contributed by atoms with Crippen LogP contribution in [-0.4, -0.2) is 41.8 Å². The van der Waals surface area contributed by atoms with E-state index in [4.69, 9.17) is 0 Å². The normalized spacial score (nSPS) is 13.9. The fourth-order valence-corrected chi connectivity index (χ4v) is 3.53. The summed E-state index contributed by atoms with van der Waals surface area (Å²) in [5, 5.41) is 5.40. The van der Waals surface area contributed by atoms with Crippen LogP contribution < -0.4 is 10.6 Å². The summed E-state index contributed by atoms with van der Waals surface area (Å²) in [5.74, 6) is -0.902. The van der Waals surface area contributed by atoms with E-state index in [1.54, 1.807) is 11.0 Å². The van der Waals surface area contributed by atoms with Gasteiger partial charge in [-0.05, 0) is 49.4 Å². The van der Waals surface area contributed by atoms with Gasteiger partial charge in [0.2, 0.25) is 17.7 Å². The van der Waals surface area contributed by atoms with E-state index in [0.29, 0.717) is 12.1 Å². The Morgan fingerprint density at radius 1 is 1.03 bits per heavy atom. The number of hydrogen-bond donors (Lipinski definition) is 2. The van der Waals surface area contributed by atoms with Crippen molar-refractivity contribution >= 4 is 23.4 Å². The Morgan fingerprint density at radius 3 is 2.40 bits per heavy atom. The minimum absolute atomic E-state index is 0.0226. The first-order valence-electron chi connectivity index (χ1n) is 10.5. The van der Waals surface area contributed by atoms with Crippen LogP contribution in [0.4, 0.5) is 5.69 Å². The van der Waals surface area contributed by atoms with Crippen molar-refractivity contribution in [3.8, 4) is 0 Å². The lowest BCUT2D eigenvalue weighted by Crippen LogP contribution is -2.45. The second-order valence-corrected chi connectivity index (χ2v) is 7.76. The molecule has 3 rings (SSSR count). The highest BCUT2D eigenvalue weighted by atomic mass is 16.2. The van der Waals surface area contributed by atoms with E-state index in [1.165, 1.54) is 0 Å². The molecule has 1 fully saturated rings. The summed E-state index contributed by atoms with van der Waals surface area (Å²) >= 11 is 0. The molecule has 0 saturated heterocycles. The molecule has 2 aromatic rings. The van der Waals surface area contributed by atoms with Gasteiger partial charge in [0.05, 0.1) is 19.0 Å². The van der Waals surface area contributed by atoms with E-state index < -0.39 is 0 Å². The number of hydrogen-bond acceptors (Lipinski definition) is 3. The maximum Gasteiger partial charge on any atom is 0.243 e. The first kappa shape index (κ1) is 21.6. The molecule has 158 valence electrons. The maximum absolute atomic E-state index is 13.2. The monoisotopic (exact) mass is 407 g/mol. The smallest absolute Gasteiger partial charge is 0.243 e. The quantitative estimate of drug-likeness (QED) is 0.670. The second kappa shape index (κ2) is 10.1. The average Bonchev–Trinajstić information content (AvgIpc) is 3.57. The molecule has 6 heteroatoms. The summed E-state index contributed by atoms with van der Waals surface area (Å²) in [5.41, 5.74) is 2.70. The maximum atomic E-state index is 13.2. The zero-order valence-electron chi connectivity index (χ0n) is 17.6. The molecule has 30 heavy (non-hydrogen) atoms. The first-order valence-corrected chi connectivity index (χ1v) is 10.5. The lowest BCUT2D eigenvalue weighted by atomic mass is 9.95. The summed E-state index contributed by atoms with van der Waals surface area (Å²) in [7, 11) is 0. The summed E-state index contributed by atoms with van der Waals surface area (Å²) in [4.78, 5) is 39.4. The van der Waals surface area contributed by atoms with Gasteiger partial charge in [0.1, 0.15) is 0 Å². The highest BCUT2D eigenvalue weighted by Gasteiger charge is 2.36. The summed E-state index contributed by atoms with van der Waals surface area (Å²) in [6.45, 7) is 3.77. The predicted molar refractivity (Wildman–Crippen MR) is 117 cm³/mol. The van der Waals surface area contributed by atoms with E-state index >= 15 is 0 Å². The van der Waals surface area contributed by atoms with Crippen molar-refractivity contribution in [2.45, 2.75) is 45.1 Å². The molecule has 2 aromatic carbocycles. The highest BCUT2D eigenvalue weighted by molar-refractivity contribution is 5.95. The van der Waals surface area contributed by atoms with Gasteiger partial charge in [0, 0.05) is 11.7 Å². The predicted octanol–water partition coefficient (Wildman–Crippen LogP) is 3.23. The minimum Gasteiger partial charge on any atom is -0.345 e. The zero-order valence-corrected chi connectivity index (χ0v) is 17.6. The van der Waals surface area contributed by atoms with Crippen LogP contribution >= 0.6 is 0 Å². The molecule has 3 amide bonds. The number of nitrogens with zero attached hydrogens (tertiary/aromatic N) is 1. The van der Waals surface area contributed by atoms with E-state index in [9.17, 15) is 14.4 Å². The molecule has 0 bridgehead atoms. The van der Waals surface area contributed by atoms with Crippen LogP contribution in [0.3, 0.4) is 0 Å². The number of nitrogens with one attached hydrogen (secondary N) is 2. The Bertz CT molecular complexity index is 894. The van der Waals surface area contributed by atoms with Crippen LogP contribution in [0.5, 0.6) is 0 Å². The van der Waals surface area contributed by atoms with Crippen molar-refractivity contribution in [3.63, 3.8) is 0 Å². The summed E-state index contributed by atoms with van der Waals surface area (Å²) in [6, 6.07) is 17.3. The molecule has 0 spiro atoms. The summed E-state index contributed by atoms with van der Waals surface area (Å²) < 4.78 is 0. The fourth-order valence-electron chi connectivity index (χ4n) is 3.53. The zero-order chi connectivity index (χ0) is 21.5. The van der Waals surface area contributed by atoms with Gasteiger partial charge >= 0.3 is 0 Å².